The zero-order valence-electron chi connectivity index (χ0n) is 20.6. The molecule has 186 valence electrons. The number of piperidine rings is 1. The van der Waals surface area contributed by atoms with Gasteiger partial charge in [0.2, 0.25) is 5.91 Å². The maximum atomic E-state index is 12.2. The summed E-state index contributed by atoms with van der Waals surface area (Å²) in [5, 5.41) is 2.41. The minimum absolute atomic E-state index is 0.203. The SMILES string of the molecule is Cc1cc(N2CCN(CC3CCN(c4ccc(N)cc4)CC3)CC2)ccc1N1CCC(=O)NC1=O. The van der Waals surface area contributed by atoms with E-state index in [9.17, 15) is 9.59 Å². The van der Waals surface area contributed by atoms with Crippen LogP contribution in [0.25, 0.3) is 0 Å². The molecule has 8 heteroatoms. The summed E-state index contributed by atoms with van der Waals surface area (Å²) in [6.45, 7) is 10.1. The molecule has 8 nitrogen and oxygen atoms in total. The molecule has 0 aliphatic carbocycles. The van der Waals surface area contributed by atoms with Crippen molar-refractivity contribution in [1.82, 2.24) is 10.2 Å². The van der Waals surface area contributed by atoms with Crippen LogP contribution in [0, 0.1) is 12.8 Å². The summed E-state index contributed by atoms with van der Waals surface area (Å²) in [6.07, 6.45) is 2.82. The molecule has 3 amide bonds. The van der Waals surface area contributed by atoms with Gasteiger partial charge in [-0.1, -0.05) is 0 Å². The Labute approximate surface area is 207 Å². The molecule has 0 bridgehead atoms. The molecule has 2 aromatic rings. The normalized spacial score (nSPS) is 20.3. The molecule has 0 spiro atoms. The predicted octanol–water partition coefficient (Wildman–Crippen LogP) is 3.06. The standard InChI is InChI=1S/C27H36N6O2/c1-20-18-24(6-7-25(20)33-13-10-26(34)29-27(33)35)32-16-14-30(15-17-32)19-21-8-11-31(12-9-21)23-4-2-22(28)3-5-23/h2-7,18,21H,8-17,19,28H2,1H3,(H,29,34,35). The number of aryl methyl sites for hydroxylation is 1. The van der Waals surface area contributed by atoms with Gasteiger partial charge in [0.25, 0.3) is 0 Å². The van der Waals surface area contributed by atoms with Crippen molar-refractivity contribution in [1.29, 1.82) is 0 Å². The van der Waals surface area contributed by atoms with Crippen molar-refractivity contribution in [2.75, 3.05) is 72.8 Å². The van der Waals surface area contributed by atoms with E-state index in [1.807, 2.05) is 25.1 Å². The summed E-state index contributed by atoms with van der Waals surface area (Å²) in [6, 6.07) is 14.2. The molecule has 0 atom stereocenters. The van der Waals surface area contributed by atoms with Gasteiger partial charge >= 0.3 is 6.03 Å². The number of nitrogens with zero attached hydrogens (tertiary/aromatic N) is 4. The van der Waals surface area contributed by atoms with Crippen LogP contribution >= 0.6 is 0 Å². The average Bonchev–Trinajstić information content (AvgIpc) is 2.86. The Morgan fingerprint density at radius 2 is 1.51 bits per heavy atom. The molecule has 0 unspecified atom stereocenters. The van der Waals surface area contributed by atoms with E-state index in [4.69, 9.17) is 5.73 Å². The van der Waals surface area contributed by atoms with E-state index < -0.39 is 0 Å². The summed E-state index contributed by atoms with van der Waals surface area (Å²) in [5.74, 6) is 0.557. The number of amides is 3. The maximum Gasteiger partial charge on any atom is 0.328 e. The first-order valence-electron chi connectivity index (χ1n) is 12.8. The highest BCUT2D eigenvalue weighted by atomic mass is 16.2. The number of carbonyl (C=O) groups is 2. The molecule has 3 heterocycles. The molecule has 3 fully saturated rings. The summed E-state index contributed by atoms with van der Waals surface area (Å²) in [4.78, 5) is 32.9. The van der Waals surface area contributed by atoms with Crippen LogP contribution in [0.5, 0.6) is 0 Å². The summed E-state index contributed by atoms with van der Waals surface area (Å²) in [7, 11) is 0. The van der Waals surface area contributed by atoms with Gasteiger partial charge in [0.1, 0.15) is 0 Å². The molecular weight excluding hydrogens is 440 g/mol. The van der Waals surface area contributed by atoms with Crippen molar-refractivity contribution in [3.8, 4) is 0 Å². The first-order valence-corrected chi connectivity index (χ1v) is 12.8. The van der Waals surface area contributed by atoms with Crippen molar-refractivity contribution in [3.63, 3.8) is 0 Å². The van der Waals surface area contributed by atoms with Gasteiger partial charge in [-0.05, 0) is 73.7 Å². The van der Waals surface area contributed by atoms with Crippen LogP contribution in [0.2, 0.25) is 0 Å². The van der Waals surface area contributed by atoms with Gasteiger partial charge in [-0.3, -0.25) is 19.9 Å². The summed E-state index contributed by atoms with van der Waals surface area (Å²) >= 11 is 0. The molecule has 3 aliphatic rings. The van der Waals surface area contributed by atoms with Gasteiger partial charge in [0, 0.05) is 81.5 Å². The Morgan fingerprint density at radius 3 is 2.17 bits per heavy atom. The quantitative estimate of drug-likeness (QED) is 0.646. The third kappa shape index (κ3) is 5.37. The Kier molecular flexibility index (Phi) is 6.81. The van der Waals surface area contributed by atoms with E-state index in [1.165, 1.54) is 30.8 Å². The smallest absolute Gasteiger partial charge is 0.328 e. The molecule has 3 aliphatic heterocycles. The van der Waals surface area contributed by atoms with Crippen molar-refractivity contribution in [3.05, 3.63) is 48.0 Å². The van der Waals surface area contributed by atoms with Crippen LogP contribution in [0.4, 0.5) is 27.5 Å². The highest BCUT2D eigenvalue weighted by molar-refractivity contribution is 6.06. The van der Waals surface area contributed by atoms with Crippen LogP contribution in [-0.4, -0.2) is 69.2 Å². The van der Waals surface area contributed by atoms with Gasteiger partial charge in [0.15, 0.2) is 0 Å². The van der Waals surface area contributed by atoms with Gasteiger partial charge in [-0.2, -0.15) is 0 Å². The third-order valence-corrected chi connectivity index (χ3v) is 7.65. The minimum atomic E-state index is -0.329. The Hall–Kier alpha value is -3.26. The molecule has 3 saturated heterocycles. The van der Waals surface area contributed by atoms with Crippen molar-refractivity contribution < 1.29 is 9.59 Å². The highest BCUT2D eigenvalue weighted by Gasteiger charge is 2.27. The topological polar surface area (TPSA) is 85.2 Å². The average molecular weight is 477 g/mol. The fourth-order valence-corrected chi connectivity index (χ4v) is 5.55. The van der Waals surface area contributed by atoms with E-state index in [1.54, 1.807) is 4.90 Å². The molecular formula is C27H36N6O2. The zero-order valence-corrected chi connectivity index (χ0v) is 20.6. The van der Waals surface area contributed by atoms with Crippen LogP contribution in [0.3, 0.4) is 0 Å². The number of rotatable bonds is 5. The number of piperazine rings is 1. The predicted molar refractivity (Wildman–Crippen MR) is 141 cm³/mol. The number of nitrogens with one attached hydrogen (secondary N) is 1. The van der Waals surface area contributed by atoms with Crippen molar-refractivity contribution in [2.45, 2.75) is 26.2 Å². The number of carbonyl (C=O) groups excluding carboxylic acids is 2. The highest BCUT2D eigenvalue weighted by Crippen LogP contribution is 2.29. The largest absolute Gasteiger partial charge is 0.399 e. The first-order chi connectivity index (χ1) is 17.0. The molecule has 5 rings (SSSR count). The van der Waals surface area contributed by atoms with Crippen LogP contribution < -0.4 is 25.8 Å². The molecule has 2 aromatic carbocycles. The van der Waals surface area contributed by atoms with E-state index in [-0.39, 0.29) is 11.9 Å². The van der Waals surface area contributed by atoms with Gasteiger partial charge < -0.3 is 15.5 Å². The number of benzene rings is 2. The summed E-state index contributed by atoms with van der Waals surface area (Å²) in [5.41, 5.74) is 11.1. The van der Waals surface area contributed by atoms with Crippen LogP contribution in [0.15, 0.2) is 42.5 Å². The van der Waals surface area contributed by atoms with E-state index in [0.717, 1.165) is 62.1 Å². The number of hydrogen-bond donors (Lipinski definition) is 2. The number of nitrogen functional groups attached to an aromatic ring is 1. The molecule has 0 aromatic heterocycles. The van der Waals surface area contributed by atoms with Gasteiger partial charge in [0.05, 0.1) is 0 Å². The second-order valence-electron chi connectivity index (χ2n) is 10.0. The summed E-state index contributed by atoms with van der Waals surface area (Å²) < 4.78 is 0. The Balaban J connectivity index is 1.10. The lowest BCUT2D eigenvalue weighted by atomic mass is 9.95. The van der Waals surface area contributed by atoms with Gasteiger partial charge in [-0.25, -0.2) is 4.79 Å². The molecule has 0 radical (unpaired) electrons. The molecule has 0 saturated carbocycles. The van der Waals surface area contributed by atoms with E-state index in [0.29, 0.717) is 13.0 Å². The fraction of sp³-hybridized carbons (Fsp3) is 0.481. The van der Waals surface area contributed by atoms with Crippen LogP contribution in [-0.2, 0) is 4.79 Å². The third-order valence-electron chi connectivity index (χ3n) is 7.65. The fourth-order valence-electron chi connectivity index (χ4n) is 5.55. The lowest BCUT2D eigenvalue weighted by molar-refractivity contribution is -0.120. The minimum Gasteiger partial charge on any atom is -0.399 e. The lowest BCUT2D eigenvalue weighted by Gasteiger charge is -2.40. The second kappa shape index (κ2) is 10.2. The van der Waals surface area contributed by atoms with Crippen molar-refractivity contribution >= 4 is 34.7 Å². The number of nitrogens with two attached hydrogens (primary N) is 1. The number of anilines is 4. The Bertz CT molecular complexity index is 1060. The van der Waals surface area contributed by atoms with E-state index in [2.05, 4.69) is 44.3 Å². The monoisotopic (exact) mass is 476 g/mol. The van der Waals surface area contributed by atoms with Crippen molar-refractivity contribution in [2.24, 2.45) is 5.92 Å². The lowest BCUT2D eigenvalue weighted by Crippen LogP contribution is -2.50. The molecule has 35 heavy (non-hydrogen) atoms. The Morgan fingerprint density at radius 1 is 0.857 bits per heavy atom. The number of hydrogen-bond acceptors (Lipinski definition) is 6. The maximum absolute atomic E-state index is 12.2. The number of imide groups is 1. The number of urea groups is 1. The van der Waals surface area contributed by atoms with E-state index >= 15 is 0 Å². The first kappa shape index (κ1) is 23.5. The van der Waals surface area contributed by atoms with Gasteiger partial charge in [-0.15, -0.1) is 0 Å². The van der Waals surface area contributed by atoms with Crippen LogP contribution in [0.1, 0.15) is 24.8 Å². The second-order valence-corrected chi connectivity index (χ2v) is 10.0. The zero-order chi connectivity index (χ0) is 24.4. The molecule has 3 N–H and O–H groups in total.